The van der Waals surface area contributed by atoms with E-state index in [1.165, 1.54) is 36.0 Å². The molecule has 0 saturated carbocycles. The van der Waals surface area contributed by atoms with Crippen molar-refractivity contribution in [2.24, 2.45) is 0 Å². The van der Waals surface area contributed by atoms with Gasteiger partial charge in [0.15, 0.2) is 11.6 Å². The highest BCUT2D eigenvalue weighted by atomic mass is 32.2. The molecular weight excluding hydrogens is 370 g/mol. The first-order valence-corrected chi connectivity index (χ1v) is 9.41. The average Bonchev–Trinajstić information content (AvgIpc) is 2.60. The first-order valence-electron chi connectivity index (χ1n) is 8.42. The number of carboxylic acids is 1. The van der Waals surface area contributed by atoms with Crippen molar-refractivity contribution >= 4 is 28.5 Å². The first kappa shape index (κ1) is 19.2. The van der Waals surface area contributed by atoms with Gasteiger partial charge in [0.1, 0.15) is 11.6 Å². The normalized spacial score (nSPS) is 11.0. The van der Waals surface area contributed by atoms with Crippen LogP contribution >= 0.6 is 11.8 Å². The summed E-state index contributed by atoms with van der Waals surface area (Å²) in [6, 6.07) is 10.5. The summed E-state index contributed by atoms with van der Waals surface area (Å²) in [5.41, 5.74) is 1.08. The molecule has 6 heteroatoms. The Labute approximate surface area is 160 Å². The zero-order valence-corrected chi connectivity index (χ0v) is 15.7. The van der Waals surface area contributed by atoms with Crippen molar-refractivity contribution in [2.45, 2.75) is 25.2 Å². The number of hydrogen-bond donors (Lipinski definition) is 1. The Morgan fingerprint density at radius 1 is 1.15 bits per heavy atom. The third-order valence-electron chi connectivity index (χ3n) is 4.18. The molecule has 0 radical (unpaired) electrons. The van der Waals surface area contributed by atoms with Crippen LogP contribution < -0.4 is 4.74 Å². The largest absolute Gasteiger partial charge is 0.481 e. The summed E-state index contributed by atoms with van der Waals surface area (Å²) in [6.45, 7) is 3.67. The molecule has 3 nitrogen and oxygen atoms in total. The van der Waals surface area contributed by atoms with Crippen molar-refractivity contribution < 1.29 is 23.4 Å². The zero-order valence-electron chi connectivity index (χ0n) is 14.9. The third-order valence-corrected chi connectivity index (χ3v) is 5.06. The minimum atomic E-state index is -0.988. The molecule has 0 heterocycles. The molecule has 140 valence electrons. The molecule has 0 amide bonds. The van der Waals surface area contributed by atoms with Gasteiger partial charge in [-0.3, -0.25) is 4.79 Å². The molecule has 0 aliphatic rings. The maximum absolute atomic E-state index is 14.5. The number of carboxylic acid groups (broad SMARTS) is 1. The van der Waals surface area contributed by atoms with E-state index in [1.807, 2.05) is 6.92 Å². The van der Waals surface area contributed by atoms with Gasteiger partial charge in [0.25, 0.3) is 0 Å². The Bertz CT molecular complexity index is 1020. The number of fused-ring (bicyclic) bond motifs is 1. The molecule has 3 aromatic rings. The molecule has 0 bridgehead atoms. The molecular formula is C21H18F2O3S. The van der Waals surface area contributed by atoms with Crippen molar-refractivity contribution in [2.75, 3.05) is 5.75 Å². The fourth-order valence-corrected chi connectivity index (χ4v) is 3.59. The predicted molar refractivity (Wildman–Crippen MR) is 103 cm³/mol. The maximum Gasteiger partial charge on any atom is 0.307 e. The molecule has 27 heavy (non-hydrogen) atoms. The summed E-state index contributed by atoms with van der Waals surface area (Å²) in [6.07, 6.45) is -0.204. The van der Waals surface area contributed by atoms with Gasteiger partial charge in [-0.05, 0) is 59.5 Å². The minimum Gasteiger partial charge on any atom is -0.481 e. The van der Waals surface area contributed by atoms with Crippen molar-refractivity contribution in [1.29, 1.82) is 0 Å². The molecule has 0 saturated heterocycles. The second-order valence-corrected chi connectivity index (χ2v) is 7.39. The van der Waals surface area contributed by atoms with Crippen LogP contribution in [0.2, 0.25) is 0 Å². The van der Waals surface area contributed by atoms with E-state index < -0.39 is 17.6 Å². The van der Waals surface area contributed by atoms with Crippen LogP contribution in [0, 0.1) is 18.6 Å². The first-order chi connectivity index (χ1) is 12.9. The van der Waals surface area contributed by atoms with E-state index in [2.05, 4.69) is 0 Å². The molecule has 0 atom stereocenters. The van der Waals surface area contributed by atoms with Gasteiger partial charge < -0.3 is 9.84 Å². The summed E-state index contributed by atoms with van der Waals surface area (Å²) in [5.74, 6) is -0.874. The number of thioether (sulfide) groups is 1. The Kier molecular flexibility index (Phi) is 5.65. The van der Waals surface area contributed by atoms with E-state index in [0.717, 1.165) is 10.6 Å². The second kappa shape index (κ2) is 7.96. The van der Waals surface area contributed by atoms with Gasteiger partial charge in [0.2, 0.25) is 0 Å². The van der Waals surface area contributed by atoms with Crippen LogP contribution in [0.1, 0.15) is 18.1 Å². The zero-order chi connectivity index (χ0) is 19.6. The summed E-state index contributed by atoms with van der Waals surface area (Å²) in [4.78, 5) is 12.0. The number of carbonyl (C=O) groups is 1. The number of hydrogen-bond acceptors (Lipinski definition) is 3. The molecule has 3 rings (SSSR count). The third kappa shape index (κ3) is 4.22. The lowest BCUT2D eigenvalue weighted by molar-refractivity contribution is -0.136. The predicted octanol–water partition coefficient (Wildman–Crippen LogP) is 5.96. The van der Waals surface area contributed by atoms with Crippen LogP contribution in [0.25, 0.3) is 10.8 Å². The van der Waals surface area contributed by atoms with Crippen molar-refractivity contribution in [3.05, 3.63) is 65.2 Å². The smallest absolute Gasteiger partial charge is 0.307 e. The van der Waals surface area contributed by atoms with Crippen molar-refractivity contribution in [3.63, 3.8) is 0 Å². The van der Waals surface area contributed by atoms with Crippen LogP contribution in [-0.4, -0.2) is 16.8 Å². The highest BCUT2D eigenvalue weighted by Crippen LogP contribution is 2.37. The van der Waals surface area contributed by atoms with Gasteiger partial charge in [-0.15, -0.1) is 11.8 Å². The van der Waals surface area contributed by atoms with E-state index in [0.29, 0.717) is 21.9 Å². The van der Waals surface area contributed by atoms with E-state index in [-0.39, 0.29) is 17.9 Å². The highest BCUT2D eigenvalue weighted by molar-refractivity contribution is 7.99. The van der Waals surface area contributed by atoms with Gasteiger partial charge in [0, 0.05) is 10.3 Å². The number of rotatable bonds is 6. The van der Waals surface area contributed by atoms with Gasteiger partial charge >= 0.3 is 5.97 Å². The molecule has 0 unspecified atom stereocenters. The summed E-state index contributed by atoms with van der Waals surface area (Å²) in [5, 5.41) is 10.2. The van der Waals surface area contributed by atoms with E-state index in [4.69, 9.17) is 9.84 Å². The Balaban J connectivity index is 2.12. The quantitative estimate of drug-likeness (QED) is 0.530. The van der Waals surface area contributed by atoms with E-state index >= 15 is 0 Å². The molecule has 0 spiro atoms. The number of benzene rings is 3. The van der Waals surface area contributed by atoms with Crippen molar-refractivity contribution in [1.82, 2.24) is 0 Å². The molecule has 1 N–H and O–H groups in total. The topological polar surface area (TPSA) is 46.5 Å². The van der Waals surface area contributed by atoms with E-state index in [1.54, 1.807) is 25.1 Å². The van der Waals surface area contributed by atoms with Gasteiger partial charge in [-0.1, -0.05) is 19.1 Å². The summed E-state index contributed by atoms with van der Waals surface area (Å²) < 4.78 is 34.1. The molecule has 0 aliphatic carbocycles. The maximum atomic E-state index is 14.5. The Morgan fingerprint density at radius 2 is 1.93 bits per heavy atom. The lowest BCUT2D eigenvalue weighted by atomic mass is 9.98. The standard InChI is InChI=1S/C21H18F2O3S/c1-3-27-16-6-7-19(18(23)11-16)26-21-12(2)14(9-20(24)25)8-13-4-5-15(22)10-17(13)21/h4-8,10-11H,3,9H2,1-2H3,(H,24,25). The van der Waals surface area contributed by atoms with Gasteiger partial charge in [0.05, 0.1) is 6.42 Å². The van der Waals surface area contributed by atoms with Crippen LogP contribution in [0.15, 0.2) is 47.4 Å². The summed E-state index contributed by atoms with van der Waals surface area (Å²) in [7, 11) is 0. The summed E-state index contributed by atoms with van der Waals surface area (Å²) >= 11 is 1.51. The molecule has 3 aromatic carbocycles. The van der Waals surface area contributed by atoms with Crippen LogP contribution in [0.5, 0.6) is 11.5 Å². The molecule has 0 aliphatic heterocycles. The van der Waals surface area contributed by atoms with Gasteiger partial charge in [-0.2, -0.15) is 0 Å². The Hall–Kier alpha value is -2.60. The second-order valence-electron chi connectivity index (χ2n) is 6.05. The number of aliphatic carboxylic acids is 1. The lowest BCUT2D eigenvalue weighted by Gasteiger charge is -2.16. The fourth-order valence-electron chi connectivity index (χ4n) is 2.90. The monoisotopic (exact) mass is 388 g/mol. The number of ether oxygens (including phenoxy) is 1. The average molecular weight is 388 g/mol. The minimum absolute atomic E-state index is 0.0107. The molecule has 0 fully saturated rings. The fraction of sp³-hybridized carbons (Fsp3) is 0.190. The van der Waals surface area contributed by atoms with Crippen LogP contribution in [0.3, 0.4) is 0 Å². The highest BCUT2D eigenvalue weighted by Gasteiger charge is 2.17. The SMILES string of the molecule is CCSc1ccc(Oc2c(C)c(CC(=O)O)cc3ccc(F)cc23)c(F)c1. The Morgan fingerprint density at radius 3 is 2.59 bits per heavy atom. The number of halogens is 2. The lowest BCUT2D eigenvalue weighted by Crippen LogP contribution is -2.04. The van der Waals surface area contributed by atoms with Crippen LogP contribution in [0.4, 0.5) is 8.78 Å². The van der Waals surface area contributed by atoms with Crippen molar-refractivity contribution in [3.8, 4) is 11.5 Å². The molecule has 0 aromatic heterocycles. The van der Waals surface area contributed by atoms with Crippen LogP contribution in [-0.2, 0) is 11.2 Å². The van der Waals surface area contributed by atoms with E-state index in [9.17, 15) is 13.6 Å². The van der Waals surface area contributed by atoms with Gasteiger partial charge in [-0.25, -0.2) is 8.78 Å².